The van der Waals surface area contributed by atoms with Crippen LogP contribution in [0.4, 0.5) is 0 Å². The summed E-state index contributed by atoms with van der Waals surface area (Å²) in [5.74, 6) is -0.274. The standard InChI is InChI=1S/C16H16O2S/c17-13(8-6-11-4-2-1-3-5-11)16-14(18)10-12-7-9-15(16)19-12/h1-6,8,12,15-16H,7,9-10H2/b8-6+/t12-,15+,16?/m1/s1. The van der Waals surface area contributed by atoms with Gasteiger partial charge in [0.15, 0.2) is 5.78 Å². The third kappa shape index (κ3) is 2.66. The second kappa shape index (κ2) is 5.33. The first-order valence-electron chi connectivity index (χ1n) is 6.69. The molecule has 2 heterocycles. The van der Waals surface area contributed by atoms with Crippen molar-refractivity contribution in [3.8, 4) is 0 Å². The number of hydrogen-bond acceptors (Lipinski definition) is 3. The number of fused-ring (bicyclic) bond motifs is 2. The lowest BCUT2D eigenvalue weighted by molar-refractivity contribution is -0.130. The largest absolute Gasteiger partial charge is 0.299 e. The summed E-state index contributed by atoms with van der Waals surface area (Å²) in [4.78, 5) is 24.3. The number of rotatable bonds is 3. The number of carbonyl (C=O) groups excluding carboxylic acids is 2. The van der Waals surface area contributed by atoms with Gasteiger partial charge in [-0.15, -0.1) is 0 Å². The lowest BCUT2D eigenvalue weighted by Gasteiger charge is -2.25. The molecule has 0 spiro atoms. The quantitative estimate of drug-likeness (QED) is 0.626. The first-order valence-corrected chi connectivity index (χ1v) is 7.63. The van der Waals surface area contributed by atoms with Gasteiger partial charge in [0.1, 0.15) is 5.78 Å². The van der Waals surface area contributed by atoms with Gasteiger partial charge >= 0.3 is 0 Å². The molecule has 2 aliphatic rings. The Morgan fingerprint density at radius 2 is 2.00 bits per heavy atom. The van der Waals surface area contributed by atoms with Gasteiger partial charge in [-0.3, -0.25) is 9.59 Å². The van der Waals surface area contributed by atoms with Gasteiger partial charge in [-0.05, 0) is 24.5 Å². The maximum absolute atomic E-state index is 12.2. The zero-order valence-electron chi connectivity index (χ0n) is 10.6. The lowest BCUT2D eigenvalue weighted by atomic mass is 9.92. The molecular weight excluding hydrogens is 256 g/mol. The van der Waals surface area contributed by atoms with Crippen LogP contribution in [0.25, 0.3) is 6.08 Å². The molecule has 2 bridgehead atoms. The SMILES string of the molecule is O=C(/C=C/c1ccccc1)C1C(=O)C[C@H]2CC[C@@H]1S2. The summed E-state index contributed by atoms with van der Waals surface area (Å²) in [5.41, 5.74) is 0.996. The molecule has 0 radical (unpaired) electrons. The Labute approximate surface area is 117 Å². The van der Waals surface area contributed by atoms with E-state index in [0.29, 0.717) is 11.7 Å². The van der Waals surface area contributed by atoms with Gasteiger partial charge < -0.3 is 0 Å². The molecule has 3 atom stereocenters. The number of benzene rings is 1. The summed E-state index contributed by atoms with van der Waals surface area (Å²) >= 11 is 1.84. The van der Waals surface area contributed by atoms with Crippen LogP contribution in [0.15, 0.2) is 36.4 Å². The highest BCUT2D eigenvalue weighted by molar-refractivity contribution is 8.01. The van der Waals surface area contributed by atoms with Gasteiger partial charge in [0.25, 0.3) is 0 Å². The van der Waals surface area contributed by atoms with Crippen LogP contribution in [0.2, 0.25) is 0 Å². The minimum atomic E-state index is -0.399. The van der Waals surface area contributed by atoms with Crippen molar-refractivity contribution >= 4 is 29.4 Å². The summed E-state index contributed by atoms with van der Waals surface area (Å²) in [7, 11) is 0. The summed E-state index contributed by atoms with van der Waals surface area (Å²) < 4.78 is 0. The van der Waals surface area contributed by atoms with Crippen LogP contribution in [-0.2, 0) is 9.59 Å². The Hall–Kier alpha value is -1.35. The number of hydrogen-bond donors (Lipinski definition) is 0. The van der Waals surface area contributed by atoms with Gasteiger partial charge in [0.05, 0.1) is 5.92 Å². The Bertz CT molecular complexity index is 521. The van der Waals surface area contributed by atoms with Gasteiger partial charge in [0.2, 0.25) is 0 Å². The second-order valence-electron chi connectivity index (χ2n) is 5.17. The van der Waals surface area contributed by atoms with Crippen molar-refractivity contribution in [2.24, 2.45) is 5.92 Å². The molecule has 1 unspecified atom stereocenters. The average molecular weight is 272 g/mol. The molecule has 3 rings (SSSR count). The number of thioether (sulfide) groups is 1. The molecule has 1 aromatic carbocycles. The summed E-state index contributed by atoms with van der Waals surface area (Å²) in [5, 5.41) is 0.693. The zero-order valence-corrected chi connectivity index (χ0v) is 11.4. The highest BCUT2D eigenvalue weighted by atomic mass is 32.2. The van der Waals surface area contributed by atoms with Crippen molar-refractivity contribution in [3.63, 3.8) is 0 Å². The Balaban J connectivity index is 1.73. The van der Waals surface area contributed by atoms with Crippen LogP contribution in [0.1, 0.15) is 24.8 Å². The van der Waals surface area contributed by atoms with Crippen LogP contribution in [0.3, 0.4) is 0 Å². The lowest BCUT2D eigenvalue weighted by Crippen LogP contribution is -2.35. The molecule has 3 heteroatoms. The van der Waals surface area contributed by atoms with Crippen molar-refractivity contribution in [2.45, 2.75) is 29.8 Å². The molecule has 2 nitrogen and oxygen atoms in total. The van der Waals surface area contributed by atoms with Gasteiger partial charge in [-0.1, -0.05) is 36.4 Å². The van der Waals surface area contributed by atoms with Gasteiger partial charge in [0, 0.05) is 16.9 Å². The fourth-order valence-corrected chi connectivity index (χ4v) is 4.62. The van der Waals surface area contributed by atoms with E-state index in [1.54, 1.807) is 12.2 Å². The maximum Gasteiger partial charge on any atom is 0.167 e. The molecule has 0 aliphatic carbocycles. The minimum Gasteiger partial charge on any atom is -0.299 e. The third-order valence-corrected chi connectivity index (χ3v) is 5.48. The molecule has 2 aliphatic heterocycles. The monoisotopic (exact) mass is 272 g/mol. The predicted molar refractivity (Wildman–Crippen MR) is 78.0 cm³/mol. The molecule has 0 amide bonds. The number of Topliss-reactive ketones (excluding diaryl/α,β-unsaturated/α-hetero) is 1. The molecule has 0 aromatic heterocycles. The van der Waals surface area contributed by atoms with E-state index in [1.807, 2.05) is 42.1 Å². The Morgan fingerprint density at radius 3 is 2.79 bits per heavy atom. The van der Waals surface area contributed by atoms with Gasteiger partial charge in [-0.25, -0.2) is 0 Å². The highest BCUT2D eigenvalue weighted by Crippen LogP contribution is 2.45. The van der Waals surface area contributed by atoms with Gasteiger partial charge in [-0.2, -0.15) is 11.8 Å². The normalized spacial score (nSPS) is 29.9. The van der Waals surface area contributed by atoms with E-state index in [1.165, 1.54) is 0 Å². The first kappa shape index (κ1) is 12.7. The molecule has 0 saturated carbocycles. The van der Waals surface area contributed by atoms with Crippen molar-refractivity contribution in [3.05, 3.63) is 42.0 Å². The van der Waals surface area contributed by atoms with Crippen LogP contribution in [0.5, 0.6) is 0 Å². The Kier molecular flexibility index (Phi) is 3.56. The molecular formula is C16H16O2S. The van der Waals surface area contributed by atoms with E-state index in [0.717, 1.165) is 18.4 Å². The zero-order chi connectivity index (χ0) is 13.2. The van der Waals surface area contributed by atoms with Crippen molar-refractivity contribution in [1.29, 1.82) is 0 Å². The molecule has 2 saturated heterocycles. The fourth-order valence-electron chi connectivity index (χ4n) is 2.88. The summed E-state index contributed by atoms with van der Waals surface area (Å²) in [6.07, 6.45) is 6.07. The van der Waals surface area contributed by atoms with Crippen molar-refractivity contribution < 1.29 is 9.59 Å². The minimum absolute atomic E-state index is 0.0216. The van der Waals surface area contributed by atoms with E-state index in [2.05, 4.69) is 0 Å². The van der Waals surface area contributed by atoms with Crippen LogP contribution >= 0.6 is 11.8 Å². The molecule has 98 valence electrons. The van der Waals surface area contributed by atoms with E-state index in [-0.39, 0.29) is 16.8 Å². The van der Waals surface area contributed by atoms with E-state index >= 15 is 0 Å². The third-order valence-electron chi connectivity index (χ3n) is 3.83. The number of ketones is 2. The Morgan fingerprint density at radius 1 is 1.21 bits per heavy atom. The van der Waals surface area contributed by atoms with Crippen molar-refractivity contribution in [1.82, 2.24) is 0 Å². The molecule has 0 N–H and O–H groups in total. The number of allylic oxidation sites excluding steroid dienone is 1. The number of carbonyl (C=O) groups is 2. The van der Waals surface area contributed by atoms with E-state index in [4.69, 9.17) is 0 Å². The van der Waals surface area contributed by atoms with Crippen LogP contribution < -0.4 is 0 Å². The van der Waals surface area contributed by atoms with E-state index < -0.39 is 5.92 Å². The first-order chi connectivity index (χ1) is 9.24. The maximum atomic E-state index is 12.2. The summed E-state index contributed by atoms with van der Waals surface area (Å²) in [6, 6.07) is 9.72. The molecule has 1 aromatic rings. The van der Waals surface area contributed by atoms with Crippen molar-refractivity contribution in [2.75, 3.05) is 0 Å². The second-order valence-corrected chi connectivity index (χ2v) is 6.71. The highest BCUT2D eigenvalue weighted by Gasteiger charge is 2.44. The topological polar surface area (TPSA) is 34.1 Å². The average Bonchev–Trinajstić information content (AvgIpc) is 2.80. The predicted octanol–water partition coefficient (Wildman–Crippen LogP) is 3.12. The fraction of sp³-hybridized carbons (Fsp3) is 0.375. The molecule has 2 fully saturated rings. The van der Waals surface area contributed by atoms with E-state index in [9.17, 15) is 9.59 Å². The smallest absolute Gasteiger partial charge is 0.167 e. The van der Waals surface area contributed by atoms with Crippen LogP contribution in [-0.4, -0.2) is 22.1 Å². The molecule has 19 heavy (non-hydrogen) atoms. The summed E-state index contributed by atoms with van der Waals surface area (Å²) in [6.45, 7) is 0. The van der Waals surface area contributed by atoms with Crippen LogP contribution in [0, 0.1) is 5.92 Å².